The molecule has 0 radical (unpaired) electrons. The second kappa shape index (κ2) is 4.98. The van der Waals surface area contributed by atoms with Gasteiger partial charge >= 0.3 is 0 Å². The standard InChI is InChI=1S/C13H14N4O2S/c1-9-4-5-10(2)12(6-9)20(18,19)16-13-11(7-14)8-17(3)15-13/h4-6,8H,1-3H3,(H,15,16). The first-order valence-corrected chi connectivity index (χ1v) is 7.35. The minimum atomic E-state index is -3.76. The summed E-state index contributed by atoms with van der Waals surface area (Å²) in [6.45, 7) is 3.54. The molecule has 0 aliphatic carbocycles. The molecule has 0 atom stereocenters. The maximum atomic E-state index is 12.4. The zero-order valence-electron chi connectivity index (χ0n) is 11.4. The van der Waals surface area contributed by atoms with Crippen LogP contribution in [0, 0.1) is 25.2 Å². The van der Waals surface area contributed by atoms with Gasteiger partial charge in [-0.15, -0.1) is 0 Å². The third kappa shape index (κ3) is 2.65. The zero-order valence-corrected chi connectivity index (χ0v) is 12.2. The summed E-state index contributed by atoms with van der Waals surface area (Å²) in [6.07, 6.45) is 1.46. The lowest BCUT2D eigenvalue weighted by Crippen LogP contribution is -2.15. The van der Waals surface area contributed by atoms with Crippen LogP contribution in [0.2, 0.25) is 0 Å². The molecular weight excluding hydrogens is 276 g/mol. The predicted octanol–water partition coefficient (Wildman–Crippen LogP) is 1.71. The van der Waals surface area contributed by atoms with Crippen molar-refractivity contribution in [2.24, 2.45) is 7.05 Å². The lowest BCUT2D eigenvalue weighted by atomic mass is 10.2. The van der Waals surface area contributed by atoms with Crippen LogP contribution in [-0.2, 0) is 17.1 Å². The molecule has 20 heavy (non-hydrogen) atoms. The summed E-state index contributed by atoms with van der Waals surface area (Å²) in [7, 11) is -2.14. The quantitative estimate of drug-likeness (QED) is 0.932. The molecule has 7 heteroatoms. The number of anilines is 1. The Labute approximate surface area is 117 Å². The molecule has 1 heterocycles. The van der Waals surface area contributed by atoms with E-state index >= 15 is 0 Å². The van der Waals surface area contributed by atoms with Gasteiger partial charge in [0.05, 0.1) is 4.90 Å². The van der Waals surface area contributed by atoms with Crippen molar-refractivity contribution in [2.75, 3.05) is 4.72 Å². The van der Waals surface area contributed by atoms with Crippen LogP contribution >= 0.6 is 0 Å². The topological polar surface area (TPSA) is 87.8 Å². The van der Waals surface area contributed by atoms with Gasteiger partial charge in [0.25, 0.3) is 10.0 Å². The van der Waals surface area contributed by atoms with Gasteiger partial charge in [-0.3, -0.25) is 9.40 Å². The number of hydrogen-bond acceptors (Lipinski definition) is 4. The van der Waals surface area contributed by atoms with E-state index in [4.69, 9.17) is 5.26 Å². The van der Waals surface area contributed by atoms with Crippen molar-refractivity contribution >= 4 is 15.8 Å². The summed E-state index contributed by atoms with van der Waals surface area (Å²) in [5.41, 5.74) is 1.66. The van der Waals surface area contributed by atoms with E-state index in [1.807, 2.05) is 19.1 Å². The van der Waals surface area contributed by atoms with E-state index in [1.54, 1.807) is 26.1 Å². The minimum absolute atomic E-state index is 0.0379. The van der Waals surface area contributed by atoms with E-state index in [-0.39, 0.29) is 16.3 Å². The molecule has 1 aromatic heterocycles. The third-order valence-electron chi connectivity index (χ3n) is 2.81. The minimum Gasteiger partial charge on any atom is -0.272 e. The number of nitriles is 1. The van der Waals surface area contributed by atoms with Crippen molar-refractivity contribution in [1.82, 2.24) is 9.78 Å². The molecule has 6 nitrogen and oxygen atoms in total. The highest BCUT2D eigenvalue weighted by molar-refractivity contribution is 7.92. The SMILES string of the molecule is Cc1ccc(C)c(S(=O)(=O)Nc2nn(C)cc2C#N)c1. The van der Waals surface area contributed by atoms with Crippen LogP contribution in [0.3, 0.4) is 0 Å². The number of aromatic nitrogens is 2. The molecule has 0 unspecified atom stereocenters. The Bertz CT molecular complexity index is 800. The summed E-state index contributed by atoms with van der Waals surface area (Å²) >= 11 is 0. The molecule has 0 fully saturated rings. The smallest absolute Gasteiger partial charge is 0.263 e. The van der Waals surface area contributed by atoms with Gasteiger partial charge in [-0.05, 0) is 31.0 Å². The highest BCUT2D eigenvalue weighted by atomic mass is 32.2. The van der Waals surface area contributed by atoms with Crippen molar-refractivity contribution in [3.8, 4) is 6.07 Å². The van der Waals surface area contributed by atoms with Gasteiger partial charge in [-0.25, -0.2) is 8.42 Å². The first-order chi connectivity index (χ1) is 9.33. The Balaban J connectivity index is 2.46. The summed E-state index contributed by atoms with van der Waals surface area (Å²) in [5, 5.41) is 12.9. The number of nitrogens with one attached hydrogen (secondary N) is 1. The van der Waals surface area contributed by atoms with Crippen molar-refractivity contribution < 1.29 is 8.42 Å². The van der Waals surface area contributed by atoms with Gasteiger partial charge in [0.15, 0.2) is 5.82 Å². The largest absolute Gasteiger partial charge is 0.272 e. The van der Waals surface area contributed by atoms with Crippen LogP contribution in [0.25, 0.3) is 0 Å². The second-order valence-electron chi connectivity index (χ2n) is 4.55. The van der Waals surface area contributed by atoms with E-state index in [0.717, 1.165) is 5.56 Å². The van der Waals surface area contributed by atoms with Crippen molar-refractivity contribution in [2.45, 2.75) is 18.7 Å². The van der Waals surface area contributed by atoms with Gasteiger partial charge in [0.2, 0.25) is 0 Å². The van der Waals surface area contributed by atoms with Crippen LogP contribution in [0.4, 0.5) is 5.82 Å². The Morgan fingerprint density at radius 2 is 2.05 bits per heavy atom. The van der Waals surface area contributed by atoms with Crippen LogP contribution in [0.1, 0.15) is 16.7 Å². The number of sulfonamides is 1. The second-order valence-corrected chi connectivity index (χ2v) is 6.20. The molecule has 0 spiro atoms. The molecule has 2 rings (SSSR count). The van der Waals surface area contributed by atoms with Crippen LogP contribution in [0.15, 0.2) is 29.3 Å². The average molecular weight is 290 g/mol. The Morgan fingerprint density at radius 1 is 1.35 bits per heavy atom. The van der Waals surface area contributed by atoms with E-state index in [0.29, 0.717) is 5.56 Å². The number of rotatable bonds is 3. The normalized spacial score (nSPS) is 11.1. The van der Waals surface area contributed by atoms with Crippen LogP contribution < -0.4 is 4.72 Å². The molecule has 0 saturated carbocycles. The number of aryl methyl sites for hydroxylation is 3. The Kier molecular flexibility index (Phi) is 3.51. The summed E-state index contributed by atoms with van der Waals surface area (Å²) in [4.78, 5) is 0.187. The lowest BCUT2D eigenvalue weighted by molar-refractivity contribution is 0.600. The molecular formula is C13H14N4O2S. The summed E-state index contributed by atoms with van der Waals surface area (Å²) in [6, 6.07) is 7.08. The molecule has 1 aromatic carbocycles. The molecule has 0 aliphatic heterocycles. The summed E-state index contributed by atoms with van der Waals surface area (Å²) < 4.78 is 28.5. The van der Waals surface area contributed by atoms with E-state index in [1.165, 1.54) is 10.9 Å². The maximum absolute atomic E-state index is 12.4. The molecule has 1 N–H and O–H groups in total. The van der Waals surface area contributed by atoms with Gasteiger partial charge in [-0.1, -0.05) is 12.1 Å². The summed E-state index contributed by atoms with van der Waals surface area (Å²) in [5.74, 6) is 0.0379. The Hall–Kier alpha value is -2.33. The monoisotopic (exact) mass is 290 g/mol. The van der Waals surface area contributed by atoms with E-state index in [9.17, 15) is 8.42 Å². The van der Waals surface area contributed by atoms with Gasteiger partial charge < -0.3 is 0 Å². The number of nitrogens with zero attached hydrogens (tertiary/aromatic N) is 3. The van der Waals surface area contributed by atoms with E-state index < -0.39 is 10.0 Å². The fourth-order valence-electron chi connectivity index (χ4n) is 1.82. The lowest BCUT2D eigenvalue weighted by Gasteiger charge is -2.09. The van der Waals surface area contributed by atoms with E-state index in [2.05, 4.69) is 9.82 Å². The van der Waals surface area contributed by atoms with Crippen molar-refractivity contribution in [1.29, 1.82) is 5.26 Å². The molecule has 2 aromatic rings. The maximum Gasteiger partial charge on any atom is 0.263 e. The fraction of sp³-hybridized carbons (Fsp3) is 0.231. The van der Waals surface area contributed by atoms with Gasteiger partial charge in [-0.2, -0.15) is 10.4 Å². The first-order valence-electron chi connectivity index (χ1n) is 5.87. The molecule has 0 amide bonds. The molecule has 0 saturated heterocycles. The van der Waals surface area contributed by atoms with Gasteiger partial charge in [0.1, 0.15) is 11.6 Å². The zero-order chi connectivity index (χ0) is 14.9. The Morgan fingerprint density at radius 3 is 2.70 bits per heavy atom. The molecule has 0 bridgehead atoms. The highest BCUT2D eigenvalue weighted by Crippen LogP contribution is 2.21. The van der Waals surface area contributed by atoms with Gasteiger partial charge in [0, 0.05) is 13.2 Å². The first kappa shape index (κ1) is 14.1. The number of hydrogen-bond donors (Lipinski definition) is 1. The fourth-order valence-corrected chi connectivity index (χ4v) is 3.17. The van der Waals surface area contributed by atoms with Crippen LogP contribution in [0.5, 0.6) is 0 Å². The molecule has 0 aliphatic rings. The average Bonchev–Trinajstić information content (AvgIpc) is 2.71. The van der Waals surface area contributed by atoms with Crippen molar-refractivity contribution in [3.63, 3.8) is 0 Å². The van der Waals surface area contributed by atoms with Crippen LogP contribution in [-0.4, -0.2) is 18.2 Å². The predicted molar refractivity (Wildman–Crippen MR) is 74.6 cm³/mol. The highest BCUT2D eigenvalue weighted by Gasteiger charge is 2.20. The van der Waals surface area contributed by atoms with Crippen molar-refractivity contribution in [3.05, 3.63) is 41.1 Å². The number of benzene rings is 1. The third-order valence-corrected chi connectivity index (χ3v) is 4.29. The molecule has 104 valence electrons.